The van der Waals surface area contributed by atoms with Gasteiger partial charge in [-0.05, 0) is 44.4 Å². The number of nitrogens with one attached hydrogen (secondary N) is 1. The summed E-state index contributed by atoms with van der Waals surface area (Å²) in [6.07, 6.45) is 9.09. The van der Waals surface area contributed by atoms with Gasteiger partial charge < -0.3 is 20.1 Å². The average molecular weight is 332 g/mol. The second-order valence-corrected chi connectivity index (χ2v) is 7.44. The van der Waals surface area contributed by atoms with E-state index < -0.39 is 0 Å². The molecule has 3 fully saturated rings. The van der Waals surface area contributed by atoms with Crippen molar-refractivity contribution < 1.29 is 9.84 Å². The molecule has 2 N–H and O–H groups in total. The molecule has 4 unspecified atom stereocenters. The Bertz CT molecular complexity index is 556. The van der Waals surface area contributed by atoms with Crippen molar-refractivity contribution in [2.45, 2.75) is 50.7 Å². The fraction of sp³-hybridized carbons (Fsp3) is 0.778. The number of nitrogens with zero attached hydrogens (tertiary/aromatic N) is 3. The third kappa shape index (κ3) is 3.35. The normalized spacial score (nSPS) is 33.3. The van der Waals surface area contributed by atoms with Crippen molar-refractivity contribution in [2.75, 3.05) is 36.5 Å². The number of aliphatic hydroxyl groups is 1. The highest BCUT2D eigenvalue weighted by atomic mass is 16.5. The minimum absolute atomic E-state index is 0.262. The molecule has 0 spiro atoms. The molecule has 1 aromatic heterocycles. The van der Waals surface area contributed by atoms with Crippen molar-refractivity contribution in [3.05, 3.63) is 12.4 Å². The minimum Gasteiger partial charge on any atom is -0.396 e. The van der Waals surface area contributed by atoms with Gasteiger partial charge in [0.05, 0.1) is 6.10 Å². The van der Waals surface area contributed by atoms with Crippen molar-refractivity contribution in [1.82, 2.24) is 9.97 Å². The minimum atomic E-state index is 0.262. The van der Waals surface area contributed by atoms with Crippen LogP contribution in [0.3, 0.4) is 0 Å². The van der Waals surface area contributed by atoms with Crippen LogP contribution in [-0.2, 0) is 4.74 Å². The van der Waals surface area contributed by atoms with E-state index in [9.17, 15) is 5.11 Å². The van der Waals surface area contributed by atoms with E-state index in [1.54, 1.807) is 6.33 Å². The fourth-order valence-corrected chi connectivity index (χ4v) is 4.57. The van der Waals surface area contributed by atoms with Gasteiger partial charge in [0.15, 0.2) is 0 Å². The van der Waals surface area contributed by atoms with E-state index in [2.05, 4.69) is 26.3 Å². The number of aromatic nitrogens is 2. The van der Waals surface area contributed by atoms with E-state index in [1.807, 2.05) is 0 Å². The Kier molecular flexibility index (Phi) is 4.85. The van der Waals surface area contributed by atoms with Gasteiger partial charge >= 0.3 is 0 Å². The van der Waals surface area contributed by atoms with Crippen LogP contribution in [0.4, 0.5) is 11.6 Å². The second kappa shape index (κ2) is 7.23. The van der Waals surface area contributed by atoms with Crippen LogP contribution < -0.4 is 10.2 Å². The Morgan fingerprint density at radius 2 is 2.17 bits per heavy atom. The Morgan fingerprint density at radius 3 is 3.08 bits per heavy atom. The van der Waals surface area contributed by atoms with Crippen LogP contribution in [0.15, 0.2) is 12.4 Å². The van der Waals surface area contributed by atoms with Crippen molar-refractivity contribution >= 4 is 11.6 Å². The lowest BCUT2D eigenvalue weighted by Gasteiger charge is -2.34. The predicted molar refractivity (Wildman–Crippen MR) is 93.2 cm³/mol. The van der Waals surface area contributed by atoms with Crippen LogP contribution >= 0.6 is 0 Å². The van der Waals surface area contributed by atoms with Crippen LogP contribution in [-0.4, -0.2) is 53.5 Å². The molecule has 4 rings (SSSR count). The van der Waals surface area contributed by atoms with Crippen molar-refractivity contribution in [2.24, 2.45) is 11.8 Å². The lowest BCUT2D eigenvalue weighted by atomic mass is 9.82. The van der Waals surface area contributed by atoms with Gasteiger partial charge in [-0.1, -0.05) is 0 Å². The maximum atomic E-state index is 9.43. The topological polar surface area (TPSA) is 70.5 Å². The third-order valence-corrected chi connectivity index (χ3v) is 5.87. The third-order valence-electron chi connectivity index (χ3n) is 5.87. The first-order valence-corrected chi connectivity index (χ1v) is 9.39. The second-order valence-electron chi connectivity index (χ2n) is 7.44. The molecule has 132 valence electrons. The van der Waals surface area contributed by atoms with Crippen LogP contribution in [0.2, 0.25) is 0 Å². The molecule has 2 aliphatic heterocycles. The number of ether oxygens (including phenoxy) is 1. The molecule has 6 heteroatoms. The summed E-state index contributed by atoms with van der Waals surface area (Å²) in [7, 11) is 0. The number of piperidine rings is 1. The number of fused-ring (bicyclic) bond motifs is 1. The molecule has 3 aliphatic rings. The van der Waals surface area contributed by atoms with Crippen LogP contribution in [0, 0.1) is 11.8 Å². The van der Waals surface area contributed by atoms with Gasteiger partial charge in [-0.2, -0.15) is 0 Å². The van der Waals surface area contributed by atoms with E-state index in [1.165, 1.54) is 19.3 Å². The molecule has 0 aromatic carbocycles. The number of aliphatic hydroxyl groups excluding tert-OH is 1. The Labute approximate surface area is 143 Å². The predicted octanol–water partition coefficient (Wildman–Crippen LogP) is 2.05. The summed E-state index contributed by atoms with van der Waals surface area (Å²) in [5.74, 6) is 2.87. The standard InChI is InChI=1S/C18H28N4O2/c23-11-13-3-2-7-22(10-13)18-9-17(19-12-20-18)21-15-4-1-5-16-14(15)6-8-24-16/h9,12-16,23H,1-8,10-11H2,(H,19,20,21). The van der Waals surface area contributed by atoms with Crippen molar-refractivity contribution in [3.63, 3.8) is 0 Å². The summed E-state index contributed by atoms with van der Waals surface area (Å²) in [6, 6.07) is 2.53. The zero-order chi connectivity index (χ0) is 16.4. The average Bonchev–Trinajstić information content (AvgIpc) is 3.12. The molecule has 0 amide bonds. The Hall–Kier alpha value is -1.40. The van der Waals surface area contributed by atoms with Gasteiger partial charge in [0.25, 0.3) is 0 Å². The van der Waals surface area contributed by atoms with E-state index in [0.29, 0.717) is 24.0 Å². The van der Waals surface area contributed by atoms with Crippen molar-refractivity contribution in [3.8, 4) is 0 Å². The lowest BCUT2D eigenvalue weighted by molar-refractivity contribution is 0.0619. The van der Waals surface area contributed by atoms with Gasteiger partial charge in [0.1, 0.15) is 18.0 Å². The molecule has 0 radical (unpaired) electrons. The molecule has 1 aromatic rings. The largest absolute Gasteiger partial charge is 0.396 e. The number of hydrogen-bond acceptors (Lipinski definition) is 6. The van der Waals surface area contributed by atoms with E-state index in [-0.39, 0.29) is 6.61 Å². The zero-order valence-corrected chi connectivity index (χ0v) is 14.2. The summed E-state index contributed by atoms with van der Waals surface area (Å²) >= 11 is 0. The smallest absolute Gasteiger partial charge is 0.134 e. The first-order valence-electron chi connectivity index (χ1n) is 9.39. The molecular formula is C18H28N4O2. The summed E-state index contributed by atoms with van der Waals surface area (Å²) in [4.78, 5) is 11.2. The maximum absolute atomic E-state index is 9.43. The Morgan fingerprint density at radius 1 is 1.21 bits per heavy atom. The molecule has 2 saturated heterocycles. The summed E-state index contributed by atoms with van der Waals surface area (Å²) in [6.45, 7) is 3.06. The van der Waals surface area contributed by atoms with Crippen LogP contribution in [0.5, 0.6) is 0 Å². The van der Waals surface area contributed by atoms with E-state index >= 15 is 0 Å². The SMILES string of the molecule is OCC1CCCN(c2cc(NC3CCCC4OCCC34)ncn2)C1. The van der Waals surface area contributed by atoms with Crippen LogP contribution in [0.25, 0.3) is 0 Å². The first-order chi connectivity index (χ1) is 11.8. The molecule has 6 nitrogen and oxygen atoms in total. The zero-order valence-electron chi connectivity index (χ0n) is 14.2. The fourth-order valence-electron chi connectivity index (χ4n) is 4.57. The lowest BCUT2D eigenvalue weighted by Crippen LogP contribution is -2.39. The highest BCUT2D eigenvalue weighted by Crippen LogP contribution is 2.36. The van der Waals surface area contributed by atoms with Gasteiger partial charge in [0.2, 0.25) is 0 Å². The monoisotopic (exact) mass is 332 g/mol. The van der Waals surface area contributed by atoms with E-state index in [4.69, 9.17) is 4.74 Å². The van der Waals surface area contributed by atoms with Crippen molar-refractivity contribution in [1.29, 1.82) is 0 Å². The highest BCUT2D eigenvalue weighted by molar-refractivity contribution is 5.49. The molecule has 24 heavy (non-hydrogen) atoms. The van der Waals surface area contributed by atoms with Gasteiger partial charge in [-0.15, -0.1) is 0 Å². The number of rotatable bonds is 4. The molecule has 1 aliphatic carbocycles. The molecule has 4 atom stereocenters. The quantitative estimate of drug-likeness (QED) is 0.879. The first kappa shape index (κ1) is 16.1. The highest BCUT2D eigenvalue weighted by Gasteiger charge is 2.37. The van der Waals surface area contributed by atoms with Gasteiger partial charge in [-0.25, -0.2) is 9.97 Å². The van der Waals surface area contributed by atoms with E-state index in [0.717, 1.165) is 50.6 Å². The summed E-state index contributed by atoms with van der Waals surface area (Å²) in [5, 5.41) is 13.1. The summed E-state index contributed by atoms with van der Waals surface area (Å²) in [5.41, 5.74) is 0. The maximum Gasteiger partial charge on any atom is 0.134 e. The molecular weight excluding hydrogens is 304 g/mol. The molecule has 3 heterocycles. The molecule has 0 bridgehead atoms. The summed E-state index contributed by atoms with van der Waals surface area (Å²) < 4.78 is 5.86. The van der Waals surface area contributed by atoms with Gasteiger partial charge in [-0.3, -0.25) is 0 Å². The molecule has 1 saturated carbocycles. The number of hydrogen-bond donors (Lipinski definition) is 2. The van der Waals surface area contributed by atoms with Crippen LogP contribution in [0.1, 0.15) is 38.5 Å². The number of anilines is 2. The Balaban J connectivity index is 1.44. The van der Waals surface area contributed by atoms with Gasteiger partial charge in [0, 0.05) is 44.3 Å².